The minimum atomic E-state index is -0.448. The third-order valence-electron chi connectivity index (χ3n) is 6.68. The van der Waals surface area contributed by atoms with E-state index in [1.165, 1.54) is 0 Å². The molecule has 0 radical (unpaired) electrons. The average molecular weight is 441 g/mol. The predicted octanol–water partition coefficient (Wildman–Crippen LogP) is 4.61. The largest absolute Gasteiger partial charge is 0.326 e. The van der Waals surface area contributed by atoms with Gasteiger partial charge in [-0.15, -0.1) is 0 Å². The Bertz CT molecular complexity index is 1120. The van der Waals surface area contributed by atoms with Gasteiger partial charge in [-0.2, -0.15) is 0 Å². The maximum Gasteiger partial charge on any atom is 0.238 e. The smallest absolute Gasteiger partial charge is 0.238 e. The lowest BCUT2D eigenvalue weighted by Crippen LogP contribution is -2.47. The molecule has 0 aliphatic carbocycles. The van der Waals surface area contributed by atoms with Gasteiger partial charge in [0.25, 0.3) is 0 Å². The second kappa shape index (κ2) is 8.24. The van der Waals surface area contributed by atoms with Crippen LogP contribution in [0.5, 0.6) is 0 Å². The number of aromatic nitrogens is 2. The number of aryl methyl sites for hydroxylation is 1. The average Bonchev–Trinajstić information content (AvgIpc) is 3.23. The summed E-state index contributed by atoms with van der Waals surface area (Å²) in [4.78, 5) is 20.5. The van der Waals surface area contributed by atoms with E-state index in [-0.39, 0.29) is 12.6 Å². The first-order chi connectivity index (χ1) is 15.1. The number of carbonyl (C=O) groups is 1. The molecular formula is C24H26ClFN4O. The number of piperidine rings is 1. The summed E-state index contributed by atoms with van der Waals surface area (Å²) in [6, 6.07) is 13.8. The minimum Gasteiger partial charge on any atom is -0.326 e. The molecule has 5 rings (SSSR count). The summed E-state index contributed by atoms with van der Waals surface area (Å²) in [5, 5.41) is 4.01. The molecule has 1 saturated heterocycles. The number of carbonyl (C=O) groups excluding carboxylic acids is 1. The predicted molar refractivity (Wildman–Crippen MR) is 121 cm³/mol. The number of fused-ring (bicyclic) bond motifs is 3. The molecule has 2 aromatic carbocycles. The Balaban J connectivity index is 1.55. The number of para-hydroxylation sites is 1. The van der Waals surface area contributed by atoms with E-state index in [4.69, 9.17) is 16.6 Å². The number of nitrogens with zero attached hydrogens (tertiary/aromatic N) is 3. The Labute approximate surface area is 186 Å². The quantitative estimate of drug-likeness (QED) is 0.569. The highest BCUT2D eigenvalue weighted by molar-refractivity contribution is 6.31. The van der Waals surface area contributed by atoms with Crippen LogP contribution in [-0.4, -0.2) is 35.2 Å². The van der Waals surface area contributed by atoms with Crippen molar-refractivity contribution < 1.29 is 9.18 Å². The first kappa shape index (κ1) is 20.5. The van der Waals surface area contributed by atoms with Gasteiger partial charge in [0.2, 0.25) is 5.91 Å². The van der Waals surface area contributed by atoms with Crippen LogP contribution < -0.4 is 10.2 Å². The number of benzene rings is 2. The Morgan fingerprint density at radius 1 is 1.13 bits per heavy atom. The fourth-order valence-electron chi connectivity index (χ4n) is 5.12. The highest BCUT2D eigenvalue weighted by atomic mass is 35.5. The molecule has 2 aliphatic rings. The third-order valence-corrected chi connectivity index (χ3v) is 6.91. The maximum absolute atomic E-state index is 13.8. The lowest BCUT2D eigenvalue weighted by molar-refractivity contribution is -0.124. The van der Waals surface area contributed by atoms with Crippen LogP contribution in [0.15, 0.2) is 42.5 Å². The number of halogens is 2. The molecule has 1 aromatic heterocycles. The number of rotatable bonds is 6. The summed E-state index contributed by atoms with van der Waals surface area (Å²) in [6.07, 6.45) is 2.84. The molecule has 0 saturated carbocycles. The number of alkyl halides is 1. The molecule has 1 N–H and O–H groups in total. The fourth-order valence-corrected chi connectivity index (χ4v) is 5.29. The highest BCUT2D eigenvalue weighted by Crippen LogP contribution is 2.47. The van der Waals surface area contributed by atoms with Gasteiger partial charge in [-0.05, 0) is 68.6 Å². The van der Waals surface area contributed by atoms with Crippen molar-refractivity contribution in [1.29, 1.82) is 0 Å². The van der Waals surface area contributed by atoms with Crippen LogP contribution in [0.2, 0.25) is 5.02 Å². The lowest BCUT2D eigenvalue weighted by Gasteiger charge is -2.33. The van der Waals surface area contributed by atoms with Crippen LogP contribution in [0.25, 0.3) is 11.0 Å². The van der Waals surface area contributed by atoms with Crippen molar-refractivity contribution in [3.63, 3.8) is 0 Å². The first-order valence-corrected chi connectivity index (χ1v) is 11.3. The van der Waals surface area contributed by atoms with E-state index in [0.717, 1.165) is 60.5 Å². The Morgan fingerprint density at radius 2 is 1.94 bits per heavy atom. The van der Waals surface area contributed by atoms with E-state index in [1.54, 1.807) is 0 Å². The summed E-state index contributed by atoms with van der Waals surface area (Å²) in [6.45, 7) is 2.41. The zero-order valence-electron chi connectivity index (χ0n) is 17.4. The van der Waals surface area contributed by atoms with Crippen molar-refractivity contribution in [3.05, 3.63) is 58.9 Å². The molecule has 1 amide bonds. The molecule has 31 heavy (non-hydrogen) atoms. The van der Waals surface area contributed by atoms with E-state index in [0.29, 0.717) is 24.5 Å². The topological polar surface area (TPSA) is 50.2 Å². The number of hydrogen-bond acceptors (Lipinski definition) is 3. The number of imidazole rings is 1. The number of hydrogen-bond donors (Lipinski definition) is 1. The second-order valence-corrected chi connectivity index (χ2v) is 8.89. The summed E-state index contributed by atoms with van der Waals surface area (Å²) < 4.78 is 14.9. The van der Waals surface area contributed by atoms with E-state index in [1.807, 2.05) is 41.3 Å². The normalized spacial score (nSPS) is 17.6. The van der Waals surface area contributed by atoms with Crippen molar-refractivity contribution in [2.24, 2.45) is 0 Å². The van der Waals surface area contributed by atoms with Crippen LogP contribution in [0.3, 0.4) is 0 Å². The van der Waals surface area contributed by atoms with Gasteiger partial charge >= 0.3 is 0 Å². The minimum absolute atomic E-state index is 0.163. The van der Waals surface area contributed by atoms with Gasteiger partial charge in [0, 0.05) is 17.3 Å². The van der Waals surface area contributed by atoms with E-state index in [2.05, 4.69) is 16.0 Å². The molecule has 0 unspecified atom stereocenters. The monoisotopic (exact) mass is 440 g/mol. The summed E-state index contributed by atoms with van der Waals surface area (Å²) in [5.41, 5.74) is 3.43. The maximum atomic E-state index is 13.8. The summed E-state index contributed by atoms with van der Waals surface area (Å²) in [7, 11) is 0. The molecule has 1 fully saturated rings. The number of unbranched alkanes of at least 4 members (excludes halogenated alkanes) is 1. The van der Waals surface area contributed by atoms with Gasteiger partial charge in [0.05, 0.1) is 29.7 Å². The third kappa shape index (κ3) is 3.42. The van der Waals surface area contributed by atoms with Crippen molar-refractivity contribution in [2.45, 2.75) is 44.2 Å². The Morgan fingerprint density at radius 3 is 2.74 bits per heavy atom. The fraction of sp³-hybridized carbons (Fsp3) is 0.417. The Hall–Kier alpha value is -2.44. The van der Waals surface area contributed by atoms with E-state index in [9.17, 15) is 9.18 Å². The zero-order valence-corrected chi connectivity index (χ0v) is 18.2. The molecule has 3 heterocycles. The van der Waals surface area contributed by atoms with Gasteiger partial charge < -0.3 is 14.8 Å². The molecule has 162 valence electrons. The van der Waals surface area contributed by atoms with Gasteiger partial charge in [0.15, 0.2) is 0 Å². The van der Waals surface area contributed by atoms with Crippen molar-refractivity contribution in [3.8, 4) is 0 Å². The molecule has 0 atom stereocenters. The van der Waals surface area contributed by atoms with Gasteiger partial charge in [-0.3, -0.25) is 9.18 Å². The van der Waals surface area contributed by atoms with Crippen LogP contribution in [0.1, 0.15) is 37.1 Å². The standard InChI is InChI=1S/C24H26ClFN4O/c25-17-7-8-21-19(15-17)28-22(29(21)14-4-3-11-26)16-30-20-6-2-1-5-18(20)24(23(30)31)9-12-27-13-10-24/h1-2,5-8,15,27H,3-4,9-14,16H2. The van der Waals surface area contributed by atoms with Crippen molar-refractivity contribution >= 4 is 34.2 Å². The van der Waals surface area contributed by atoms with E-state index >= 15 is 0 Å². The second-order valence-electron chi connectivity index (χ2n) is 8.45. The molecule has 1 spiro atoms. The van der Waals surface area contributed by atoms with Crippen molar-refractivity contribution in [2.75, 3.05) is 24.7 Å². The molecule has 3 aromatic rings. The number of nitrogens with one attached hydrogen (secondary N) is 1. The number of anilines is 1. The summed E-state index contributed by atoms with van der Waals surface area (Å²) in [5.74, 6) is 0.973. The van der Waals surface area contributed by atoms with Gasteiger partial charge in [0.1, 0.15) is 5.82 Å². The molecule has 0 bridgehead atoms. The molecule has 5 nitrogen and oxygen atoms in total. The summed E-state index contributed by atoms with van der Waals surface area (Å²) >= 11 is 6.20. The van der Waals surface area contributed by atoms with Gasteiger partial charge in [-0.25, -0.2) is 4.98 Å². The first-order valence-electron chi connectivity index (χ1n) is 11.0. The lowest BCUT2D eigenvalue weighted by atomic mass is 9.74. The van der Waals surface area contributed by atoms with E-state index < -0.39 is 5.41 Å². The molecule has 2 aliphatic heterocycles. The van der Waals surface area contributed by atoms with Crippen LogP contribution in [0.4, 0.5) is 10.1 Å². The van der Waals surface area contributed by atoms with Crippen LogP contribution in [-0.2, 0) is 23.3 Å². The Kier molecular flexibility index (Phi) is 5.44. The van der Waals surface area contributed by atoms with Crippen LogP contribution in [0, 0.1) is 0 Å². The number of amides is 1. The van der Waals surface area contributed by atoms with Crippen molar-refractivity contribution in [1.82, 2.24) is 14.9 Å². The zero-order chi connectivity index (χ0) is 21.4. The molecular weight excluding hydrogens is 415 g/mol. The highest BCUT2D eigenvalue weighted by Gasteiger charge is 2.51. The molecule has 7 heteroatoms. The van der Waals surface area contributed by atoms with Gasteiger partial charge in [-0.1, -0.05) is 29.8 Å². The SMILES string of the molecule is O=C1N(Cc2nc3cc(Cl)ccc3n2CCCCF)c2ccccc2C12CCNCC2. The van der Waals surface area contributed by atoms with Crippen LogP contribution >= 0.6 is 11.6 Å².